The Morgan fingerprint density at radius 3 is 2.56 bits per heavy atom. The van der Waals surface area contributed by atoms with Gasteiger partial charge in [0.25, 0.3) is 0 Å². The Labute approximate surface area is 150 Å². The second-order valence-corrected chi connectivity index (χ2v) is 6.77. The van der Waals surface area contributed by atoms with Crippen molar-refractivity contribution < 1.29 is 13.9 Å². The van der Waals surface area contributed by atoms with Gasteiger partial charge in [-0.1, -0.05) is 12.1 Å². The monoisotopic (exact) mass is 356 g/mol. The molecule has 0 unspecified atom stereocenters. The van der Waals surface area contributed by atoms with E-state index in [1.807, 2.05) is 49.4 Å². The minimum atomic E-state index is -0.303. The van der Waals surface area contributed by atoms with Gasteiger partial charge in [0.05, 0.1) is 13.7 Å². The van der Waals surface area contributed by atoms with Crippen LogP contribution in [0.4, 0.5) is 0 Å². The molecule has 0 amide bonds. The van der Waals surface area contributed by atoms with Crippen LogP contribution in [0.25, 0.3) is 11.0 Å². The van der Waals surface area contributed by atoms with Crippen molar-refractivity contribution in [3.05, 3.63) is 70.1 Å². The summed E-state index contributed by atoms with van der Waals surface area (Å²) >= 11 is 1.73. The summed E-state index contributed by atoms with van der Waals surface area (Å²) in [6, 6.07) is 15.1. The lowest BCUT2D eigenvalue weighted by atomic mass is 10.1. The van der Waals surface area contributed by atoms with E-state index in [1.54, 1.807) is 24.9 Å². The van der Waals surface area contributed by atoms with Gasteiger partial charge in [0.15, 0.2) is 0 Å². The number of aryl methyl sites for hydroxylation is 1. The molecular formula is C20H20O4S. The zero-order chi connectivity index (χ0) is 17.6. The molecule has 3 aromatic rings. The van der Waals surface area contributed by atoms with Crippen LogP contribution < -0.4 is 15.1 Å². The van der Waals surface area contributed by atoms with Crippen LogP contribution >= 0.6 is 11.8 Å². The number of benzene rings is 2. The fourth-order valence-electron chi connectivity index (χ4n) is 2.53. The molecule has 1 aromatic heterocycles. The van der Waals surface area contributed by atoms with Gasteiger partial charge in [0, 0.05) is 23.0 Å². The zero-order valence-corrected chi connectivity index (χ0v) is 15.1. The van der Waals surface area contributed by atoms with E-state index in [4.69, 9.17) is 13.9 Å². The Morgan fingerprint density at radius 2 is 1.80 bits per heavy atom. The first-order chi connectivity index (χ1) is 12.2. The predicted molar refractivity (Wildman–Crippen MR) is 102 cm³/mol. The first-order valence-corrected chi connectivity index (χ1v) is 9.19. The third kappa shape index (κ3) is 4.57. The predicted octanol–water partition coefficient (Wildman–Crippen LogP) is 4.42. The van der Waals surface area contributed by atoms with Gasteiger partial charge in [0.1, 0.15) is 17.1 Å². The van der Waals surface area contributed by atoms with Crippen LogP contribution in [0.15, 0.2) is 57.7 Å². The Kier molecular flexibility index (Phi) is 5.66. The second kappa shape index (κ2) is 8.12. The molecule has 0 saturated carbocycles. The highest BCUT2D eigenvalue weighted by atomic mass is 32.2. The number of ether oxygens (including phenoxy) is 2. The number of thioether (sulfide) groups is 1. The van der Waals surface area contributed by atoms with E-state index < -0.39 is 0 Å². The Morgan fingerprint density at radius 1 is 1.04 bits per heavy atom. The van der Waals surface area contributed by atoms with Crippen molar-refractivity contribution in [1.82, 2.24) is 0 Å². The van der Waals surface area contributed by atoms with Crippen molar-refractivity contribution in [1.29, 1.82) is 0 Å². The fraction of sp³-hybridized carbons (Fsp3) is 0.250. The Bertz CT molecular complexity index is 900. The summed E-state index contributed by atoms with van der Waals surface area (Å²) in [7, 11) is 1.64. The van der Waals surface area contributed by atoms with Gasteiger partial charge >= 0.3 is 5.63 Å². The molecule has 5 heteroatoms. The number of methoxy groups -OCH3 is 1. The molecule has 0 aliphatic carbocycles. The van der Waals surface area contributed by atoms with Gasteiger partial charge in [-0.15, -0.1) is 0 Å². The van der Waals surface area contributed by atoms with E-state index in [9.17, 15) is 4.79 Å². The molecular weight excluding hydrogens is 336 g/mol. The molecule has 0 spiro atoms. The normalized spacial score (nSPS) is 10.8. The molecule has 0 radical (unpaired) electrons. The van der Waals surface area contributed by atoms with Crippen molar-refractivity contribution in [2.45, 2.75) is 12.7 Å². The topological polar surface area (TPSA) is 48.7 Å². The molecule has 25 heavy (non-hydrogen) atoms. The van der Waals surface area contributed by atoms with Crippen LogP contribution in [-0.2, 0) is 5.75 Å². The second-order valence-electron chi connectivity index (χ2n) is 5.67. The van der Waals surface area contributed by atoms with Crippen LogP contribution in [-0.4, -0.2) is 19.5 Å². The van der Waals surface area contributed by atoms with E-state index in [0.29, 0.717) is 12.2 Å². The van der Waals surface area contributed by atoms with E-state index in [-0.39, 0.29) is 5.63 Å². The summed E-state index contributed by atoms with van der Waals surface area (Å²) in [6.45, 7) is 2.59. The quantitative estimate of drug-likeness (QED) is 0.463. The van der Waals surface area contributed by atoms with Crippen molar-refractivity contribution >= 4 is 22.7 Å². The van der Waals surface area contributed by atoms with E-state index in [2.05, 4.69) is 0 Å². The summed E-state index contributed by atoms with van der Waals surface area (Å²) in [6.07, 6.45) is 0. The van der Waals surface area contributed by atoms with E-state index in [0.717, 1.165) is 39.5 Å². The van der Waals surface area contributed by atoms with Crippen LogP contribution in [0.3, 0.4) is 0 Å². The minimum absolute atomic E-state index is 0.303. The van der Waals surface area contributed by atoms with Gasteiger partial charge in [0.2, 0.25) is 0 Å². The Balaban J connectivity index is 1.55. The Hall–Kier alpha value is -2.40. The summed E-state index contributed by atoms with van der Waals surface area (Å²) in [4.78, 5) is 11.7. The molecule has 2 aromatic carbocycles. The largest absolute Gasteiger partial charge is 0.497 e. The minimum Gasteiger partial charge on any atom is -0.497 e. The summed E-state index contributed by atoms with van der Waals surface area (Å²) in [5.74, 6) is 3.21. The van der Waals surface area contributed by atoms with Gasteiger partial charge < -0.3 is 13.9 Å². The highest BCUT2D eigenvalue weighted by molar-refractivity contribution is 7.98. The maximum atomic E-state index is 11.7. The van der Waals surface area contributed by atoms with Crippen LogP contribution in [0.2, 0.25) is 0 Å². The van der Waals surface area contributed by atoms with E-state index >= 15 is 0 Å². The number of hydrogen-bond acceptors (Lipinski definition) is 5. The van der Waals surface area contributed by atoms with Crippen molar-refractivity contribution in [3.63, 3.8) is 0 Å². The molecule has 1 heterocycles. The molecule has 0 N–H and O–H groups in total. The van der Waals surface area contributed by atoms with Gasteiger partial charge in [-0.3, -0.25) is 0 Å². The SMILES string of the molecule is COc1ccc(OCCSCc2cc(=O)oc3cc(C)ccc23)cc1. The first kappa shape index (κ1) is 17.4. The van der Waals surface area contributed by atoms with Gasteiger partial charge in [-0.05, 0) is 48.4 Å². The number of rotatable bonds is 7. The molecule has 130 valence electrons. The molecule has 0 bridgehead atoms. The molecule has 0 atom stereocenters. The zero-order valence-electron chi connectivity index (χ0n) is 14.3. The lowest BCUT2D eigenvalue weighted by Crippen LogP contribution is -2.03. The van der Waals surface area contributed by atoms with Gasteiger partial charge in [-0.2, -0.15) is 11.8 Å². The van der Waals surface area contributed by atoms with E-state index in [1.165, 1.54) is 0 Å². The van der Waals surface area contributed by atoms with Crippen LogP contribution in [0, 0.1) is 6.92 Å². The number of fused-ring (bicyclic) bond motifs is 1. The standard InChI is InChI=1S/C20H20O4S/c1-14-3-8-18-15(12-20(21)24-19(18)11-14)13-25-10-9-23-17-6-4-16(22-2)5-7-17/h3-8,11-12H,9-10,13H2,1-2H3. The smallest absolute Gasteiger partial charge is 0.336 e. The molecule has 0 saturated heterocycles. The molecule has 3 rings (SSSR count). The third-order valence-electron chi connectivity index (χ3n) is 3.80. The maximum Gasteiger partial charge on any atom is 0.336 e. The van der Waals surface area contributed by atoms with Gasteiger partial charge in [-0.25, -0.2) is 4.79 Å². The lowest BCUT2D eigenvalue weighted by molar-refractivity contribution is 0.342. The van der Waals surface area contributed by atoms with Crippen molar-refractivity contribution in [2.24, 2.45) is 0 Å². The van der Waals surface area contributed by atoms with Crippen LogP contribution in [0.5, 0.6) is 11.5 Å². The first-order valence-electron chi connectivity index (χ1n) is 8.04. The summed E-state index contributed by atoms with van der Waals surface area (Å²) < 4.78 is 16.1. The molecule has 0 fully saturated rings. The summed E-state index contributed by atoms with van der Waals surface area (Å²) in [5.41, 5.74) is 2.43. The third-order valence-corrected chi connectivity index (χ3v) is 4.77. The number of hydrogen-bond donors (Lipinski definition) is 0. The summed E-state index contributed by atoms with van der Waals surface area (Å²) in [5, 5.41) is 0.994. The van der Waals surface area contributed by atoms with Crippen LogP contribution in [0.1, 0.15) is 11.1 Å². The van der Waals surface area contributed by atoms with Crippen molar-refractivity contribution in [2.75, 3.05) is 19.5 Å². The highest BCUT2D eigenvalue weighted by Crippen LogP contribution is 2.23. The molecule has 0 aliphatic rings. The fourth-order valence-corrected chi connectivity index (χ4v) is 3.33. The highest BCUT2D eigenvalue weighted by Gasteiger charge is 2.06. The maximum absolute atomic E-state index is 11.7. The average molecular weight is 356 g/mol. The van der Waals surface area contributed by atoms with Crippen molar-refractivity contribution in [3.8, 4) is 11.5 Å². The molecule has 0 aliphatic heterocycles. The lowest BCUT2D eigenvalue weighted by Gasteiger charge is -2.08. The molecule has 4 nitrogen and oxygen atoms in total. The average Bonchev–Trinajstić information content (AvgIpc) is 2.61.